The number of aliphatic hydroxyl groups excluding tert-OH is 1. The lowest BCUT2D eigenvalue weighted by molar-refractivity contribution is 0.166. The summed E-state index contributed by atoms with van der Waals surface area (Å²) in [5, 5.41) is 12.8. The van der Waals surface area contributed by atoms with E-state index >= 15 is 0 Å². The minimum absolute atomic E-state index is 0.0813. The topological polar surface area (TPSA) is 66.4 Å². The Balaban J connectivity index is 1.94. The summed E-state index contributed by atoms with van der Waals surface area (Å²) in [7, 11) is -3.02. The Morgan fingerprint density at radius 1 is 1.00 bits per heavy atom. The molecule has 0 aromatic rings. The van der Waals surface area contributed by atoms with Gasteiger partial charge < -0.3 is 10.4 Å². The Bertz CT molecular complexity index is 330. The third kappa shape index (κ3) is 7.28. The minimum atomic E-state index is -3.02. The van der Waals surface area contributed by atoms with Crippen LogP contribution in [0, 0.1) is 0 Å². The molecule has 1 heterocycles. The third-order valence-corrected chi connectivity index (χ3v) is 5.48. The Morgan fingerprint density at radius 2 is 1.58 bits per heavy atom. The van der Waals surface area contributed by atoms with Gasteiger partial charge in [-0.1, -0.05) is 51.9 Å². The van der Waals surface area contributed by atoms with Gasteiger partial charge in [0, 0.05) is 6.04 Å². The van der Waals surface area contributed by atoms with Gasteiger partial charge in [-0.2, -0.15) is 0 Å². The van der Waals surface area contributed by atoms with Crippen LogP contribution in [0.5, 0.6) is 0 Å². The molecular formula is C14H29NO3S. The van der Waals surface area contributed by atoms with Crippen molar-refractivity contribution in [2.24, 2.45) is 0 Å². The summed E-state index contributed by atoms with van der Waals surface area (Å²) in [6.07, 6.45) is 9.41. The van der Waals surface area contributed by atoms with E-state index in [1.165, 1.54) is 44.9 Å². The van der Waals surface area contributed by atoms with Gasteiger partial charge in [-0.15, -0.1) is 0 Å². The lowest BCUT2D eigenvalue weighted by atomic mass is 10.1. The van der Waals surface area contributed by atoms with E-state index in [1.54, 1.807) is 0 Å². The molecule has 2 N–H and O–H groups in total. The molecule has 5 heteroatoms. The van der Waals surface area contributed by atoms with Gasteiger partial charge in [0.15, 0.2) is 9.84 Å². The van der Waals surface area contributed by atoms with E-state index in [9.17, 15) is 13.5 Å². The molecule has 0 aromatic heterocycles. The number of aliphatic hydroxyl groups is 1. The van der Waals surface area contributed by atoms with E-state index < -0.39 is 15.9 Å². The molecular weight excluding hydrogens is 262 g/mol. The van der Waals surface area contributed by atoms with Crippen molar-refractivity contribution in [3.8, 4) is 0 Å². The van der Waals surface area contributed by atoms with Crippen LogP contribution in [0.3, 0.4) is 0 Å². The van der Waals surface area contributed by atoms with Gasteiger partial charge in [0.2, 0.25) is 0 Å². The second-order valence-corrected chi connectivity index (χ2v) is 7.83. The van der Waals surface area contributed by atoms with Crippen LogP contribution in [0.4, 0.5) is 0 Å². The van der Waals surface area contributed by atoms with E-state index in [0.717, 1.165) is 13.0 Å². The zero-order chi connectivity index (χ0) is 14.1. The largest absolute Gasteiger partial charge is 0.390 e. The molecule has 0 spiro atoms. The lowest BCUT2D eigenvalue weighted by Crippen LogP contribution is -2.39. The Labute approximate surface area is 117 Å². The second kappa shape index (κ2) is 8.93. The molecule has 0 bridgehead atoms. The zero-order valence-electron chi connectivity index (χ0n) is 12.1. The van der Waals surface area contributed by atoms with Crippen LogP contribution in [0.15, 0.2) is 0 Å². The van der Waals surface area contributed by atoms with Crippen molar-refractivity contribution < 1.29 is 13.5 Å². The van der Waals surface area contributed by atoms with E-state index in [0.29, 0.717) is 0 Å². The quantitative estimate of drug-likeness (QED) is 0.603. The highest BCUT2D eigenvalue weighted by atomic mass is 32.2. The highest BCUT2D eigenvalue weighted by Gasteiger charge is 2.35. The van der Waals surface area contributed by atoms with Gasteiger partial charge in [0.05, 0.1) is 17.6 Å². The molecule has 1 aliphatic rings. The van der Waals surface area contributed by atoms with Crippen molar-refractivity contribution in [2.45, 2.75) is 70.4 Å². The molecule has 1 rings (SSSR count). The van der Waals surface area contributed by atoms with Gasteiger partial charge in [-0.05, 0) is 13.0 Å². The van der Waals surface area contributed by atoms with Crippen LogP contribution < -0.4 is 5.32 Å². The van der Waals surface area contributed by atoms with Crippen molar-refractivity contribution in [1.82, 2.24) is 5.32 Å². The number of hydrogen-bond acceptors (Lipinski definition) is 4. The van der Waals surface area contributed by atoms with Gasteiger partial charge in [0.25, 0.3) is 0 Å². The molecule has 2 unspecified atom stereocenters. The summed E-state index contributed by atoms with van der Waals surface area (Å²) in [4.78, 5) is 0. The first kappa shape index (κ1) is 16.9. The van der Waals surface area contributed by atoms with Crippen molar-refractivity contribution in [3.05, 3.63) is 0 Å². The van der Waals surface area contributed by atoms with Crippen molar-refractivity contribution >= 4 is 9.84 Å². The van der Waals surface area contributed by atoms with E-state index in [1.807, 2.05) is 0 Å². The smallest absolute Gasteiger partial charge is 0.154 e. The Morgan fingerprint density at radius 3 is 2.11 bits per heavy atom. The van der Waals surface area contributed by atoms with E-state index in [4.69, 9.17) is 0 Å². The van der Waals surface area contributed by atoms with Gasteiger partial charge >= 0.3 is 0 Å². The Hall–Kier alpha value is -0.130. The molecule has 114 valence electrons. The molecule has 4 nitrogen and oxygen atoms in total. The maximum Gasteiger partial charge on any atom is 0.154 e. The molecule has 2 atom stereocenters. The molecule has 0 radical (unpaired) electrons. The van der Waals surface area contributed by atoms with E-state index in [2.05, 4.69) is 12.2 Å². The fourth-order valence-corrected chi connectivity index (χ4v) is 4.35. The molecule has 19 heavy (non-hydrogen) atoms. The standard InChI is InChI=1S/C14H29NO3S/c1-2-3-4-5-6-7-8-9-10-15-13-11-19(17,18)12-14(13)16/h13-16H,2-12H2,1H3. The molecule has 1 saturated heterocycles. The van der Waals surface area contributed by atoms with Gasteiger partial charge in [-0.3, -0.25) is 0 Å². The maximum absolute atomic E-state index is 11.3. The van der Waals surface area contributed by atoms with Crippen LogP contribution in [0.2, 0.25) is 0 Å². The SMILES string of the molecule is CCCCCCCCCCNC1CS(=O)(=O)CC1O. The number of rotatable bonds is 10. The van der Waals surface area contributed by atoms with Crippen LogP contribution in [-0.2, 0) is 9.84 Å². The summed E-state index contributed by atoms with van der Waals surface area (Å²) in [6, 6.07) is -0.255. The fraction of sp³-hybridized carbons (Fsp3) is 1.00. The minimum Gasteiger partial charge on any atom is -0.390 e. The predicted molar refractivity (Wildman–Crippen MR) is 79.1 cm³/mol. The van der Waals surface area contributed by atoms with Crippen molar-refractivity contribution in [3.63, 3.8) is 0 Å². The third-order valence-electron chi connectivity index (χ3n) is 3.76. The first-order valence-electron chi connectivity index (χ1n) is 7.67. The molecule has 0 saturated carbocycles. The monoisotopic (exact) mass is 291 g/mol. The summed E-state index contributed by atoms with van der Waals surface area (Å²) in [6.45, 7) is 3.04. The number of unbranched alkanes of at least 4 members (excludes halogenated alkanes) is 7. The highest BCUT2D eigenvalue weighted by molar-refractivity contribution is 7.91. The van der Waals surface area contributed by atoms with Crippen molar-refractivity contribution in [2.75, 3.05) is 18.1 Å². The molecule has 0 aliphatic carbocycles. The second-order valence-electron chi connectivity index (χ2n) is 5.68. The summed E-state index contributed by atoms with van der Waals surface area (Å²) in [5.74, 6) is 0.00722. The number of sulfone groups is 1. The van der Waals surface area contributed by atoms with Crippen LogP contribution in [0.1, 0.15) is 58.3 Å². The molecule has 1 fully saturated rings. The molecule has 0 amide bonds. The highest BCUT2D eigenvalue weighted by Crippen LogP contribution is 2.13. The van der Waals surface area contributed by atoms with Crippen LogP contribution in [0.25, 0.3) is 0 Å². The van der Waals surface area contributed by atoms with Crippen molar-refractivity contribution in [1.29, 1.82) is 0 Å². The predicted octanol–water partition coefficient (Wildman–Crippen LogP) is 1.87. The lowest BCUT2D eigenvalue weighted by Gasteiger charge is -2.14. The first-order chi connectivity index (χ1) is 9.05. The summed E-state index contributed by atoms with van der Waals surface area (Å²) in [5.41, 5.74) is 0. The average molecular weight is 291 g/mol. The number of hydrogen-bond donors (Lipinski definition) is 2. The maximum atomic E-state index is 11.3. The molecule has 1 aliphatic heterocycles. The average Bonchev–Trinajstić information content (AvgIpc) is 2.60. The van der Waals surface area contributed by atoms with Crippen LogP contribution in [-0.4, -0.2) is 43.7 Å². The molecule has 0 aromatic carbocycles. The summed E-state index contributed by atoms with van der Waals surface area (Å²) >= 11 is 0. The number of nitrogens with one attached hydrogen (secondary N) is 1. The Kier molecular flexibility index (Phi) is 7.95. The van der Waals surface area contributed by atoms with Gasteiger partial charge in [-0.25, -0.2) is 8.42 Å². The zero-order valence-corrected chi connectivity index (χ0v) is 12.9. The first-order valence-corrected chi connectivity index (χ1v) is 9.49. The summed E-state index contributed by atoms with van der Waals surface area (Å²) < 4.78 is 22.6. The van der Waals surface area contributed by atoms with Crippen LogP contribution >= 0.6 is 0 Å². The van der Waals surface area contributed by atoms with E-state index in [-0.39, 0.29) is 17.5 Å². The fourth-order valence-electron chi connectivity index (χ4n) is 2.57. The normalized spacial score (nSPS) is 25.8. The van der Waals surface area contributed by atoms with Gasteiger partial charge in [0.1, 0.15) is 0 Å².